The summed E-state index contributed by atoms with van der Waals surface area (Å²) in [4.78, 5) is 6.13. The van der Waals surface area contributed by atoms with Crippen LogP contribution in [-0.4, -0.2) is 10.8 Å². The van der Waals surface area contributed by atoms with Crippen LogP contribution in [0.3, 0.4) is 0 Å². The molecule has 3 heteroatoms. The van der Waals surface area contributed by atoms with E-state index in [1.54, 1.807) is 11.8 Å². The molecule has 0 N–H and O–H groups in total. The maximum Gasteiger partial charge on any atom is 0.100 e. The molecule has 0 saturated carbocycles. The molecule has 112 valence electrons. The van der Waals surface area contributed by atoms with E-state index in [9.17, 15) is 0 Å². The molecule has 0 aliphatic carbocycles. The van der Waals surface area contributed by atoms with Crippen molar-refractivity contribution in [2.75, 3.05) is 5.75 Å². The highest BCUT2D eigenvalue weighted by atomic mass is 32.2. The average molecular weight is 326 g/mol. The Hall–Kier alpha value is -1.45. The van der Waals surface area contributed by atoms with Crippen LogP contribution in [0.5, 0.6) is 0 Å². The van der Waals surface area contributed by atoms with Crippen molar-refractivity contribution in [1.82, 2.24) is 0 Å². The summed E-state index contributed by atoms with van der Waals surface area (Å²) in [7, 11) is 0. The molecule has 0 unspecified atom stereocenters. The Morgan fingerprint density at radius 3 is 2.59 bits per heavy atom. The number of thioether (sulfide) groups is 2. The Balaban J connectivity index is 1.80. The zero-order chi connectivity index (χ0) is 15.2. The molecular weight excluding hydrogens is 306 g/mol. The Bertz CT molecular complexity index is 672. The smallest absolute Gasteiger partial charge is 0.100 e. The summed E-state index contributed by atoms with van der Waals surface area (Å²) in [6.07, 6.45) is 2.36. The van der Waals surface area contributed by atoms with Crippen LogP contribution in [0.4, 0.5) is 5.69 Å². The first kappa shape index (κ1) is 15.4. The molecule has 1 nitrogen and oxygen atoms in total. The molecule has 1 saturated heterocycles. The van der Waals surface area contributed by atoms with Gasteiger partial charge < -0.3 is 0 Å². The molecule has 0 spiro atoms. The number of hydrogen-bond donors (Lipinski definition) is 0. The first-order valence-electron chi connectivity index (χ1n) is 7.50. The minimum Gasteiger partial charge on any atom is -0.242 e. The van der Waals surface area contributed by atoms with Gasteiger partial charge in [0.15, 0.2) is 0 Å². The molecule has 1 aliphatic rings. The second-order valence-corrected chi connectivity index (χ2v) is 7.30. The van der Waals surface area contributed by atoms with Crippen LogP contribution >= 0.6 is 23.5 Å². The van der Waals surface area contributed by atoms with Gasteiger partial charge in [-0.05, 0) is 60.8 Å². The number of hydrogen-bond acceptors (Lipinski definition) is 3. The van der Waals surface area contributed by atoms with Gasteiger partial charge in [0, 0.05) is 4.90 Å². The van der Waals surface area contributed by atoms with Gasteiger partial charge >= 0.3 is 0 Å². The number of nitrogens with zero attached hydrogens (tertiary/aromatic N) is 1. The zero-order valence-electron chi connectivity index (χ0n) is 12.7. The molecule has 22 heavy (non-hydrogen) atoms. The lowest BCUT2D eigenvalue weighted by Gasteiger charge is -2.16. The Morgan fingerprint density at radius 1 is 1.05 bits per heavy atom. The second kappa shape index (κ2) is 7.70. The molecule has 2 aromatic carbocycles. The summed E-state index contributed by atoms with van der Waals surface area (Å²) >= 11 is 3.66. The van der Waals surface area contributed by atoms with Gasteiger partial charge in [-0.3, -0.25) is 0 Å². The van der Waals surface area contributed by atoms with Crippen LogP contribution in [0.1, 0.15) is 18.4 Å². The van der Waals surface area contributed by atoms with Gasteiger partial charge in [0.25, 0.3) is 0 Å². The third-order valence-corrected chi connectivity index (χ3v) is 5.52. The van der Waals surface area contributed by atoms with Crippen molar-refractivity contribution in [3.8, 4) is 0 Å². The van der Waals surface area contributed by atoms with E-state index in [1.165, 1.54) is 27.5 Å². The van der Waals surface area contributed by atoms with Gasteiger partial charge in [0.2, 0.25) is 0 Å². The van der Waals surface area contributed by atoms with Crippen molar-refractivity contribution in [3.05, 3.63) is 71.1 Å². The van der Waals surface area contributed by atoms with Crippen LogP contribution in [0.15, 0.2) is 75.5 Å². The molecule has 1 aliphatic heterocycles. The predicted octanol–water partition coefficient (Wildman–Crippen LogP) is 6.23. The largest absolute Gasteiger partial charge is 0.242 e. The molecule has 2 aromatic rings. The fourth-order valence-electron chi connectivity index (χ4n) is 2.22. The first-order chi connectivity index (χ1) is 10.8. The number of rotatable bonds is 3. The molecule has 1 fully saturated rings. The standard InChI is InChI=1S/C19H19NS2/c1-15-9-11-17(12-10-15)20-19-16(6-5-13-21-19)14-22-18-7-3-2-4-8-18/h2-4,7-12,14H,5-6,13H2,1H3/b16-14+,20-19?. The van der Waals surface area contributed by atoms with Crippen molar-refractivity contribution >= 4 is 34.3 Å². The summed E-state index contributed by atoms with van der Waals surface area (Å²) in [6.45, 7) is 2.11. The van der Waals surface area contributed by atoms with E-state index in [2.05, 4.69) is 66.9 Å². The summed E-state index contributed by atoms with van der Waals surface area (Å²) < 4.78 is 0. The topological polar surface area (TPSA) is 12.4 Å². The SMILES string of the molecule is Cc1ccc(N=C2SCCC/C2=C\Sc2ccccc2)cc1. The lowest BCUT2D eigenvalue weighted by atomic mass is 10.2. The highest BCUT2D eigenvalue weighted by Gasteiger charge is 2.14. The highest BCUT2D eigenvalue weighted by molar-refractivity contribution is 8.14. The summed E-state index contributed by atoms with van der Waals surface area (Å²) in [5, 5.41) is 3.45. The van der Waals surface area contributed by atoms with Crippen LogP contribution in [0.2, 0.25) is 0 Å². The molecule has 0 amide bonds. The van der Waals surface area contributed by atoms with Gasteiger partial charge in [-0.2, -0.15) is 0 Å². The Labute approximate surface area is 140 Å². The molecule has 3 rings (SSSR count). The third kappa shape index (κ3) is 4.28. The van der Waals surface area contributed by atoms with Crippen molar-refractivity contribution in [2.24, 2.45) is 4.99 Å². The van der Waals surface area contributed by atoms with Crippen molar-refractivity contribution in [3.63, 3.8) is 0 Å². The summed E-state index contributed by atoms with van der Waals surface area (Å²) in [6, 6.07) is 18.9. The van der Waals surface area contributed by atoms with E-state index in [0.29, 0.717) is 0 Å². The monoisotopic (exact) mass is 325 g/mol. The lowest BCUT2D eigenvalue weighted by molar-refractivity contribution is 0.945. The van der Waals surface area contributed by atoms with E-state index < -0.39 is 0 Å². The normalized spacial score (nSPS) is 18.8. The summed E-state index contributed by atoms with van der Waals surface area (Å²) in [5.41, 5.74) is 3.69. The van der Waals surface area contributed by atoms with Crippen LogP contribution in [0, 0.1) is 6.92 Å². The number of benzene rings is 2. The molecular formula is C19H19NS2. The van der Waals surface area contributed by atoms with Gasteiger partial charge in [-0.15, -0.1) is 11.8 Å². The maximum absolute atomic E-state index is 4.85. The minimum absolute atomic E-state index is 1.05. The molecule has 0 radical (unpaired) electrons. The van der Waals surface area contributed by atoms with E-state index in [1.807, 2.05) is 11.8 Å². The van der Waals surface area contributed by atoms with Gasteiger partial charge in [-0.1, -0.05) is 47.7 Å². The van der Waals surface area contributed by atoms with Gasteiger partial charge in [-0.25, -0.2) is 4.99 Å². The van der Waals surface area contributed by atoms with Crippen LogP contribution < -0.4 is 0 Å². The quantitative estimate of drug-likeness (QED) is 0.620. The first-order valence-corrected chi connectivity index (χ1v) is 9.37. The average Bonchev–Trinajstić information content (AvgIpc) is 2.57. The Kier molecular flexibility index (Phi) is 5.41. The van der Waals surface area contributed by atoms with E-state index in [0.717, 1.165) is 17.9 Å². The van der Waals surface area contributed by atoms with Gasteiger partial charge in [0.1, 0.15) is 5.04 Å². The highest BCUT2D eigenvalue weighted by Crippen LogP contribution is 2.31. The molecule has 0 aromatic heterocycles. The summed E-state index contributed by atoms with van der Waals surface area (Å²) in [5.74, 6) is 1.16. The van der Waals surface area contributed by atoms with E-state index in [-0.39, 0.29) is 0 Å². The Morgan fingerprint density at radius 2 is 1.82 bits per heavy atom. The second-order valence-electron chi connectivity index (χ2n) is 5.28. The van der Waals surface area contributed by atoms with Crippen LogP contribution in [-0.2, 0) is 0 Å². The van der Waals surface area contributed by atoms with E-state index in [4.69, 9.17) is 4.99 Å². The molecule has 0 bridgehead atoms. The fourth-order valence-corrected chi connectivity index (χ4v) is 4.11. The van der Waals surface area contributed by atoms with Crippen molar-refractivity contribution in [2.45, 2.75) is 24.7 Å². The number of aryl methyl sites for hydroxylation is 1. The van der Waals surface area contributed by atoms with Gasteiger partial charge in [0.05, 0.1) is 5.69 Å². The van der Waals surface area contributed by atoms with Crippen molar-refractivity contribution < 1.29 is 0 Å². The fraction of sp³-hybridized carbons (Fsp3) is 0.211. The molecule has 1 heterocycles. The van der Waals surface area contributed by atoms with Crippen molar-refractivity contribution in [1.29, 1.82) is 0 Å². The lowest BCUT2D eigenvalue weighted by Crippen LogP contribution is -2.06. The minimum atomic E-state index is 1.05. The van der Waals surface area contributed by atoms with E-state index >= 15 is 0 Å². The maximum atomic E-state index is 4.85. The molecule has 0 atom stereocenters. The third-order valence-electron chi connectivity index (χ3n) is 3.45. The number of aliphatic imine (C=N–C) groups is 1. The predicted molar refractivity (Wildman–Crippen MR) is 100 cm³/mol. The zero-order valence-corrected chi connectivity index (χ0v) is 14.3. The van der Waals surface area contributed by atoms with Crippen LogP contribution in [0.25, 0.3) is 0 Å².